The summed E-state index contributed by atoms with van der Waals surface area (Å²) in [6.45, 7) is 12.0. The Balaban J connectivity index is 0. The van der Waals surface area contributed by atoms with E-state index in [0.29, 0.717) is 12.1 Å². The Morgan fingerprint density at radius 1 is 1.44 bits per heavy atom. The van der Waals surface area contributed by atoms with Gasteiger partial charge in [0.1, 0.15) is 5.60 Å². The first-order chi connectivity index (χ1) is 7.16. The third kappa shape index (κ3) is 10.5. The molecule has 1 amide bonds. The molecule has 0 radical (unpaired) electrons. The largest absolute Gasteiger partial charge is 0.455 e. The van der Waals surface area contributed by atoms with Gasteiger partial charge in [-0.3, -0.25) is 4.79 Å². The summed E-state index contributed by atoms with van der Waals surface area (Å²) in [5.74, 6) is -0.870. The molecule has 0 aromatic carbocycles. The molecule has 0 aromatic heterocycles. The van der Waals surface area contributed by atoms with Crippen LogP contribution < -0.4 is 11.5 Å². The second-order valence-electron chi connectivity index (χ2n) is 3.74. The molecule has 4 N–H and O–H groups in total. The topological polar surface area (TPSA) is 95.4 Å². The van der Waals surface area contributed by atoms with Gasteiger partial charge >= 0.3 is 5.97 Å². The predicted octanol–water partition coefficient (Wildman–Crippen LogP) is 0.501. The van der Waals surface area contributed by atoms with Crippen LogP contribution in [-0.2, 0) is 14.3 Å². The van der Waals surface area contributed by atoms with Crippen molar-refractivity contribution in [3.63, 3.8) is 0 Å². The fraction of sp³-hybridized carbons (Fsp3) is 0.455. The number of hydrogen-bond acceptors (Lipinski definition) is 4. The molecule has 92 valence electrons. The molecule has 0 unspecified atom stereocenters. The van der Waals surface area contributed by atoms with Crippen molar-refractivity contribution in [1.29, 1.82) is 0 Å². The van der Waals surface area contributed by atoms with Crippen LogP contribution in [0.25, 0.3) is 0 Å². The van der Waals surface area contributed by atoms with Crippen LogP contribution in [0, 0.1) is 0 Å². The van der Waals surface area contributed by atoms with Gasteiger partial charge in [0, 0.05) is 12.1 Å². The molecule has 0 heterocycles. The number of hydrogen-bond donors (Lipinski definition) is 2. The minimum absolute atomic E-state index is 0.312. The fourth-order valence-corrected chi connectivity index (χ4v) is 0.380. The Hall–Kier alpha value is -1.62. The Morgan fingerprint density at radius 2 is 1.81 bits per heavy atom. The number of nitrogens with two attached hydrogens (primary N) is 2. The SMILES string of the molecule is C=C(C)C(=O)OC(C)(C)CN.C=CC(N)=O. The second kappa shape index (κ2) is 7.64. The molecule has 5 nitrogen and oxygen atoms in total. The molecule has 0 fully saturated rings. The maximum Gasteiger partial charge on any atom is 0.333 e. The number of amides is 1. The van der Waals surface area contributed by atoms with E-state index in [2.05, 4.69) is 18.9 Å². The molecule has 0 aliphatic heterocycles. The zero-order valence-corrected chi connectivity index (χ0v) is 10.1. The summed E-state index contributed by atoms with van der Waals surface area (Å²) in [6.07, 6.45) is 1.06. The lowest BCUT2D eigenvalue weighted by Gasteiger charge is -2.22. The highest BCUT2D eigenvalue weighted by molar-refractivity contribution is 5.87. The Labute approximate surface area is 96.1 Å². The zero-order valence-electron chi connectivity index (χ0n) is 10.1. The van der Waals surface area contributed by atoms with Gasteiger partial charge in [0.05, 0.1) is 0 Å². The fourth-order valence-electron chi connectivity index (χ4n) is 0.380. The number of carbonyl (C=O) groups excluding carboxylic acids is 2. The molecule has 0 bridgehead atoms. The summed E-state index contributed by atoms with van der Waals surface area (Å²) in [5.41, 5.74) is 9.69. The standard InChI is InChI=1S/C8H15NO2.C3H5NO/c1-6(2)7(10)11-8(3,4)5-9;1-2-3(4)5/h1,5,9H2,2-4H3;2H,1H2,(H2,4,5). The van der Waals surface area contributed by atoms with E-state index < -0.39 is 11.5 Å². The molecule has 0 atom stereocenters. The molecule has 0 aliphatic carbocycles. The average molecular weight is 228 g/mol. The van der Waals surface area contributed by atoms with E-state index in [9.17, 15) is 9.59 Å². The van der Waals surface area contributed by atoms with Gasteiger partial charge in [0.2, 0.25) is 5.91 Å². The molecular formula is C11H20N2O3. The summed E-state index contributed by atoms with van der Waals surface area (Å²) in [6, 6.07) is 0. The van der Waals surface area contributed by atoms with Gasteiger partial charge in [-0.25, -0.2) is 4.79 Å². The van der Waals surface area contributed by atoms with Crippen molar-refractivity contribution in [2.45, 2.75) is 26.4 Å². The van der Waals surface area contributed by atoms with E-state index in [0.717, 1.165) is 6.08 Å². The molecule has 16 heavy (non-hydrogen) atoms. The molecule has 0 aliphatic rings. The van der Waals surface area contributed by atoms with Crippen LogP contribution in [0.3, 0.4) is 0 Å². The first kappa shape index (κ1) is 16.8. The maximum atomic E-state index is 10.9. The van der Waals surface area contributed by atoms with Crippen LogP contribution in [0.4, 0.5) is 0 Å². The smallest absolute Gasteiger partial charge is 0.333 e. The highest BCUT2D eigenvalue weighted by atomic mass is 16.6. The van der Waals surface area contributed by atoms with Crippen molar-refractivity contribution in [2.24, 2.45) is 11.5 Å². The van der Waals surface area contributed by atoms with E-state index in [4.69, 9.17) is 10.5 Å². The number of primary amides is 1. The zero-order chi connectivity index (χ0) is 13.4. The highest BCUT2D eigenvalue weighted by Crippen LogP contribution is 2.08. The summed E-state index contributed by atoms with van der Waals surface area (Å²) < 4.78 is 4.98. The van der Waals surface area contributed by atoms with Crippen molar-refractivity contribution in [1.82, 2.24) is 0 Å². The Kier molecular flexibility index (Phi) is 8.02. The molecule has 0 aromatic rings. The number of carbonyl (C=O) groups is 2. The van der Waals surface area contributed by atoms with Crippen molar-refractivity contribution in [2.75, 3.05) is 6.54 Å². The lowest BCUT2D eigenvalue weighted by molar-refractivity contribution is -0.150. The number of ether oxygens (including phenoxy) is 1. The molecule has 0 rings (SSSR count). The quantitative estimate of drug-likeness (QED) is 0.541. The van der Waals surface area contributed by atoms with Crippen molar-refractivity contribution in [3.8, 4) is 0 Å². The molecule has 0 spiro atoms. The monoisotopic (exact) mass is 228 g/mol. The van der Waals surface area contributed by atoms with Gasteiger partial charge in [-0.15, -0.1) is 0 Å². The van der Waals surface area contributed by atoms with Crippen molar-refractivity contribution >= 4 is 11.9 Å². The van der Waals surface area contributed by atoms with Crippen molar-refractivity contribution < 1.29 is 14.3 Å². The van der Waals surface area contributed by atoms with E-state index in [1.54, 1.807) is 20.8 Å². The third-order valence-electron chi connectivity index (χ3n) is 1.41. The molecule has 0 saturated carbocycles. The van der Waals surface area contributed by atoms with Crippen LogP contribution >= 0.6 is 0 Å². The Bertz CT molecular complexity index is 283. The Morgan fingerprint density at radius 3 is 2.00 bits per heavy atom. The lowest BCUT2D eigenvalue weighted by atomic mass is 10.1. The van der Waals surface area contributed by atoms with E-state index in [1.807, 2.05) is 0 Å². The van der Waals surface area contributed by atoms with Gasteiger partial charge in [0.15, 0.2) is 0 Å². The van der Waals surface area contributed by atoms with Crippen LogP contribution in [0.2, 0.25) is 0 Å². The average Bonchev–Trinajstić information content (AvgIpc) is 2.18. The molecule has 0 saturated heterocycles. The summed E-state index contributed by atoms with van der Waals surface area (Å²) in [7, 11) is 0. The lowest BCUT2D eigenvalue weighted by Crippen LogP contribution is -2.36. The second-order valence-corrected chi connectivity index (χ2v) is 3.74. The minimum Gasteiger partial charge on any atom is -0.455 e. The van der Waals surface area contributed by atoms with E-state index in [-0.39, 0.29) is 5.97 Å². The van der Waals surface area contributed by atoms with Gasteiger partial charge in [-0.1, -0.05) is 13.2 Å². The summed E-state index contributed by atoms with van der Waals surface area (Å²) in [4.78, 5) is 20.4. The van der Waals surface area contributed by atoms with Crippen LogP contribution in [0.15, 0.2) is 24.8 Å². The van der Waals surface area contributed by atoms with Crippen LogP contribution in [-0.4, -0.2) is 24.0 Å². The first-order valence-corrected chi connectivity index (χ1v) is 4.67. The van der Waals surface area contributed by atoms with E-state index in [1.165, 1.54) is 0 Å². The maximum absolute atomic E-state index is 10.9. The van der Waals surface area contributed by atoms with E-state index >= 15 is 0 Å². The van der Waals surface area contributed by atoms with Crippen LogP contribution in [0.5, 0.6) is 0 Å². The van der Waals surface area contributed by atoms with Crippen molar-refractivity contribution in [3.05, 3.63) is 24.8 Å². The highest BCUT2D eigenvalue weighted by Gasteiger charge is 2.20. The minimum atomic E-state index is -0.587. The summed E-state index contributed by atoms with van der Waals surface area (Å²) in [5, 5.41) is 0. The predicted molar refractivity (Wildman–Crippen MR) is 63.4 cm³/mol. The number of rotatable bonds is 4. The molecule has 5 heteroatoms. The number of esters is 1. The third-order valence-corrected chi connectivity index (χ3v) is 1.41. The van der Waals surface area contributed by atoms with Gasteiger partial charge in [-0.05, 0) is 26.8 Å². The van der Waals surface area contributed by atoms with Gasteiger partial charge < -0.3 is 16.2 Å². The van der Waals surface area contributed by atoms with Gasteiger partial charge in [-0.2, -0.15) is 0 Å². The molecular weight excluding hydrogens is 208 g/mol. The first-order valence-electron chi connectivity index (χ1n) is 4.67. The van der Waals surface area contributed by atoms with Gasteiger partial charge in [0.25, 0.3) is 0 Å². The van der Waals surface area contributed by atoms with Crippen LogP contribution in [0.1, 0.15) is 20.8 Å². The normalized spacial score (nSPS) is 9.50. The summed E-state index contributed by atoms with van der Waals surface area (Å²) >= 11 is 0.